The van der Waals surface area contributed by atoms with E-state index in [4.69, 9.17) is 5.73 Å². The van der Waals surface area contributed by atoms with E-state index in [9.17, 15) is 4.79 Å². The topological polar surface area (TPSA) is 72.9 Å². The van der Waals surface area contributed by atoms with Crippen LogP contribution in [0.2, 0.25) is 0 Å². The molecule has 0 saturated carbocycles. The molecule has 0 aliphatic carbocycles. The Morgan fingerprint density at radius 1 is 1.75 bits per heavy atom. The Kier molecular flexibility index (Phi) is 5.34. The molecule has 1 aromatic rings. The zero-order chi connectivity index (χ0) is 12.0. The molecule has 90 valence electrons. The summed E-state index contributed by atoms with van der Waals surface area (Å²) >= 11 is 1.63. The SMILES string of the molecule is CCNC(CCSc1nccn1C)C(N)=O. The number of thioether (sulfide) groups is 1. The quantitative estimate of drug-likeness (QED) is 0.677. The van der Waals surface area contributed by atoms with Gasteiger partial charge in [-0.05, 0) is 13.0 Å². The number of rotatable bonds is 7. The molecule has 16 heavy (non-hydrogen) atoms. The van der Waals surface area contributed by atoms with E-state index in [0.717, 1.165) is 23.9 Å². The number of amides is 1. The van der Waals surface area contributed by atoms with Crippen LogP contribution >= 0.6 is 11.8 Å². The first kappa shape index (κ1) is 13.1. The summed E-state index contributed by atoms with van der Waals surface area (Å²) in [5.74, 6) is 0.535. The lowest BCUT2D eigenvalue weighted by atomic mass is 10.2. The lowest BCUT2D eigenvalue weighted by Crippen LogP contribution is -2.41. The first-order valence-corrected chi connectivity index (χ1v) is 6.26. The number of aryl methyl sites for hydroxylation is 1. The number of likely N-dealkylation sites (N-methyl/N-ethyl adjacent to an activating group) is 1. The third-order valence-corrected chi connectivity index (χ3v) is 3.30. The van der Waals surface area contributed by atoms with Crippen molar-refractivity contribution in [2.45, 2.75) is 24.5 Å². The maximum absolute atomic E-state index is 11.1. The van der Waals surface area contributed by atoms with Crippen LogP contribution in [0, 0.1) is 0 Å². The van der Waals surface area contributed by atoms with Gasteiger partial charge in [-0.2, -0.15) is 0 Å². The van der Waals surface area contributed by atoms with Crippen molar-refractivity contribution in [2.24, 2.45) is 12.8 Å². The van der Waals surface area contributed by atoms with Crippen molar-refractivity contribution in [1.29, 1.82) is 0 Å². The Labute approximate surface area is 99.8 Å². The Bertz CT molecular complexity index is 339. The van der Waals surface area contributed by atoms with Crippen LogP contribution in [-0.4, -0.2) is 33.8 Å². The number of hydrogen-bond acceptors (Lipinski definition) is 4. The van der Waals surface area contributed by atoms with E-state index in [1.54, 1.807) is 18.0 Å². The number of nitrogens with two attached hydrogens (primary N) is 1. The van der Waals surface area contributed by atoms with Crippen molar-refractivity contribution in [3.8, 4) is 0 Å². The van der Waals surface area contributed by atoms with Crippen LogP contribution in [0.15, 0.2) is 17.6 Å². The second-order valence-electron chi connectivity index (χ2n) is 3.47. The predicted molar refractivity (Wildman–Crippen MR) is 65.2 cm³/mol. The second-order valence-corrected chi connectivity index (χ2v) is 4.53. The van der Waals surface area contributed by atoms with Gasteiger partial charge in [-0.25, -0.2) is 4.98 Å². The molecule has 0 aliphatic heterocycles. The van der Waals surface area contributed by atoms with E-state index in [1.165, 1.54) is 0 Å². The number of carbonyl (C=O) groups excluding carboxylic acids is 1. The van der Waals surface area contributed by atoms with E-state index >= 15 is 0 Å². The van der Waals surface area contributed by atoms with Crippen molar-refractivity contribution in [3.05, 3.63) is 12.4 Å². The largest absolute Gasteiger partial charge is 0.368 e. The summed E-state index contributed by atoms with van der Waals surface area (Å²) in [6.07, 6.45) is 4.39. The van der Waals surface area contributed by atoms with Gasteiger partial charge in [0.05, 0.1) is 6.04 Å². The van der Waals surface area contributed by atoms with E-state index in [0.29, 0.717) is 0 Å². The fourth-order valence-electron chi connectivity index (χ4n) is 1.35. The number of carbonyl (C=O) groups is 1. The van der Waals surface area contributed by atoms with Crippen molar-refractivity contribution in [1.82, 2.24) is 14.9 Å². The van der Waals surface area contributed by atoms with Gasteiger partial charge in [-0.1, -0.05) is 18.7 Å². The molecule has 3 N–H and O–H groups in total. The highest BCUT2D eigenvalue weighted by atomic mass is 32.2. The highest BCUT2D eigenvalue weighted by Gasteiger charge is 2.13. The number of nitrogens with one attached hydrogen (secondary N) is 1. The van der Waals surface area contributed by atoms with Crippen molar-refractivity contribution >= 4 is 17.7 Å². The minimum absolute atomic E-state index is 0.238. The van der Waals surface area contributed by atoms with Crippen LogP contribution < -0.4 is 11.1 Å². The van der Waals surface area contributed by atoms with Gasteiger partial charge in [0, 0.05) is 25.2 Å². The van der Waals surface area contributed by atoms with Gasteiger partial charge in [-0.15, -0.1) is 0 Å². The van der Waals surface area contributed by atoms with Gasteiger partial charge in [0.1, 0.15) is 0 Å². The third kappa shape index (κ3) is 3.86. The van der Waals surface area contributed by atoms with Crippen molar-refractivity contribution < 1.29 is 4.79 Å². The van der Waals surface area contributed by atoms with Gasteiger partial charge in [0.15, 0.2) is 5.16 Å². The minimum atomic E-state index is -0.290. The smallest absolute Gasteiger partial charge is 0.234 e. The molecule has 1 amide bonds. The Balaban J connectivity index is 2.33. The van der Waals surface area contributed by atoms with Crippen LogP contribution in [0.25, 0.3) is 0 Å². The molecule has 0 bridgehead atoms. The number of hydrogen-bond donors (Lipinski definition) is 2. The Hall–Kier alpha value is -1.01. The lowest BCUT2D eigenvalue weighted by Gasteiger charge is -2.13. The molecule has 0 saturated heterocycles. The molecular formula is C10H18N4OS. The summed E-state index contributed by atoms with van der Waals surface area (Å²) in [5.41, 5.74) is 5.28. The standard InChI is InChI=1S/C10H18N4OS/c1-3-12-8(9(11)15)4-7-16-10-13-5-6-14(10)2/h5-6,8,12H,3-4,7H2,1-2H3,(H2,11,15). The summed E-state index contributed by atoms with van der Waals surface area (Å²) in [6, 6.07) is -0.238. The maximum Gasteiger partial charge on any atom is 0.234 e. The number of aromatic nitrogens is 2. The molecule has 6 heteroatoms. The highest BCUT2D eigenvalue weighted by molar-refractivity contribution is 7.99. The molecule has 0 radical (unpaired) electrons. The van der Waals surface area contributed by atoms with Crippen LogP contribution in [0.4, 0.5) is 0 Å². The average molecular weight is 242 g/mol. The molecule has 1 rings (SSSR count). The summed E-state index contributed by atoms with van der Waals surface area (Å²) in [5, 5.41) is 4.02. The van der Waals surface area contributed by atoms with E-state index < -0.39 is 0 Å². The Morgan fingerprint density at radius 2 is 2.50 bits per heavy atom. The second kappa shape index (κ2) is 6.55. The molecule has 0 fully saturated rings. The molecule has 5 nitrogen and oxygen atoms in total. The number of primary amides is 1. The summed E-state index contributed by atoms with van der Waals surface area (Å²) in [6.45, 7) is 2.71. The van der Waals surface area contributed by atoms with Gasteiger partial charge < -0.3 is 15.6 Å². The molecule has 1 unspecified atom stereocenters. The van der Waals surface area contributed by atoms with Crippen LogP contribution in [-0.2, 0) is 11.8 Å². The molecule has 0 aliphatic rings. The summed E-state index contributed by atoms with van der Waals surface area (Å²) < 4.78 is 1.96. The molecule has 1 heterocycles. The third-order valence-electron chi connectivity index (χ3n) is 2.21. The monoisotopic (exact) mass is 242 g/mol. The molecule has 0 aromatic carbocycles. The number of nitrogens with zero attached hydrogens (tertiary/aromatic N) is 2. The highest BCUT2D eigenvalue weighted by Crippen LogP contribution is 2.15. The van der Waals surface area contributed by atoms with Crippen molar-refractivity contribution in [3.63, 3.8) is 0 Å². The van der Waals surface area contributed by atoms with E-state index in [-0.39, 0.29) is 11.9 Å². The van der Waals surface area contributed by atoms with Gasteiger partial charge >= 0.3 is 0 Å². The first-order valence-electron chi connectivity index (χ1n) is 5.28. The first-order chi connectivity index (χ1) is 7.65. The number of imidazole rings is 1. The zero-order valence-electron chi connectivity index (χ0n) is 9.64. The Morgan fingerprint density at radius 3 is 3.00 bits per heavy atom. The van der Waals surface area contributed by atoms with Crippen LogP contribution in [0.3, 0.4) is 0 Å². The van der Waals surface area contributed by atoms with Crippen LogP contribution in [0.1, 0.15) is 13.3 Å². The zero-order valence-corrected chi connectivity index (χ0v) is 10.5. The minimum Gasteiger partial charge on any atom is -0.368 e. The maximum atomic E-state index is 11.1. The van der Waals surface area contributed by atoms with Gasteiger partial charge in [-0.3, -0.25) is 4.79 Å². The van der Waals surface area contributed by atoms with Crippen molar-refractivity contribution in [2.75, 3.05) is 12.3 Å². The summed E-state index contributed by atoms with van der Waals surface area (Å²) in [7, 11) is 1.95. The average Bonchev–Trinajstić information content (AvgIpc) is 2.63. The van der Waals surface area contributed by atoms with E-state index in [1.807, 2.05) is 24.7 Å². The van der Waals surface area contributed by atoms with Crippen LogP contribution in [0.5, 0.6) is 0 Å². The fourth-order valence-corrected chi connectivity index (χ4v) is 2.29. The fraction of sp³-hybridized carbons (Fsp3) is 0.600. The summed E-state index contributed by atoms with van der Waals surface area (Å²) in [4.78, 5) is 15.3. The predicted octanol–water partition coefficient (Wildman–Crippen LogP) is 0.366. The molecule has 1 aromatic heterocycles. The van der Waals surface area contributed by atoms with Gasteiger partial charge in [0.25, 0.3) is 0 Å². The lowest BCUT2D eigenvalue weighted by molar-refractivity contribution is -0.120. The molecule has 0 spiro atoms. The molecule has 1 atom stereocenters. The molecular weight excluding hydrogens is 224 g/mol. The van der Waals surface area contributed by atoms with E-state index in [2.05, 4.69) is 10.3 Å². The van der Waals surface area contributed by atoms with Gasteiger partial charge in [0.2, 0.25) is 5.91 Å². The normalized spacial score (nSPS) is 12.6.